The summed E-state index contributed by atoms with van der Waals surface area (Å²) in [4.78, 5) is 11.6. The van der Waals surface area contributed by atoms with E-state index in [-0.39, 0.29) is 17.4 Å². The summed E-state index contributed by atoms with van der Waals surface area (Å²) in [6, 6.07) is 0. The van der Waals surface area contributed by atoms with Crippen LogP contribution < -0.4 is 5.32 Å². The van der Waals surface area contributed by atoms with Crippen molar-refractivity contribution in [1.29, 1.82) is 0 Å². The first-order valence-electron chi connectivity index (χ1n) is 5.24. The van der Waals surface area contributed by atoms with E-state index in [1.807, 2.05) is 27.7 Å². The molecule has 0 rings (SSSR count). The van der Waals surface area contributed by atoms with Crippen LogP contribution in [0.2, 0.25) is 0 Å². The number of rotatable bonds is 4. The van der Waals surface area contributed by atoms with Crippen molar-refractivity contribution in [2.24, 2.45) is 5.92 Å². The first kappa shape index (κ1) is 13.8. The second kappa shape index (κ2) is 5.59. The van der Waals surface area contributed by atoms with Crippen molar-refractivity contribution in [3.05, 3.63) is 0 Å². The summed E-state index contributed by atoms with van der Waals surface area (Å²) in [5.41, 5.74) is -0.198. The summed E-state index contributed by atoms with van der Waals surface area (Å²) < 4.78 is 0. The summed E-state index contributed by atoms with van der Waals surface area (Å²) in [6.07, 6.45) is 2.05. The Morgan fingerprint density at radius 1 is 1.43 bits per heavy atom. The van der Waals surface area contributed by atoms with Gasteiger partial charge in [-0.1, -0.05) is 20.3 Å². The van der Waals surface area contributed by atoms with Gasteiger partial charge in [0.1, 0.15) is 5.38 Å². The molecule has 0 radical (unpaired) electrons. The molecule has 0 heterocycles. The lowest BCUT2D eigenvalue weighted by Gasteiger charge is -2.24. The number of halogens is 1. The zero-order valence-electron chi connectivity index (χ0n) is 9.86. The molecule has 0 spiro atoms. The molecule has 0 aromatic rings. The molecule has 0 fully saturated rings. The van der Waals surface area contributed by atoms with Crippen LogP contribution in [0, 0.1) is 5.92 Å². The molecule has 1 N–H and O–H groups in total. The Labute approximate surface area is 92.4 Å². The van der Waals surface area contributed by atoms with E-state index in [4.69, 9.17) is 11.6 Å². The summed E-state index contributed by atoms with van der Waals surface area (Å²) in [5, 5.41) is 2.48. The molecule has 1 amide bonds. The van der Waals surface area contributed by atoms with Gasteiger partial charge in [0.15, 0.2) is 0 Å². The zero-order chi connectivity index (χ0) is 11.4. The summed E-state index contributed by atoms with van der Waals surface area (Å²) in [6.45, 7) is 9.99. The van der Waals surface area contributed by atoms with Crippen LogP contribution in [-0.2, 0) is 4.79 Å². The van der Waals surface area contributed by atoms with E-state index in [9.17, 15) is 4.79 Å². The molecule has 14 heavy (non-hydrogen) atoms. The summed E-state index contributed by atoms with van der Waals surface area (Å²) in [7, 11) is 0. The summed E-state index contributed by atoms with van der Waals surface area (Å²) >= 11 is 6.05. The van der Waals surface area contributed by atoms with Gasteiger partial charge < -0.3 is 5.32 Å². The third-order valence-corrected chi connectivity index (χ3v) is 2.62. The Hall–Kier alpha value is -0.240. The van der Waals surface area contributed by atoms with Crippen molar-refractivity contribution in [2.45, 2.75) is 58.4 Å². The van der Waals surface area contributed by atoms with Crippen LogP contribution in [0.3, 0.4) is 0 Å². The molecular weight excluding hydrogens is 198 g/mol. The predicted octanol–water partition coefficient (Wildman–Crippen LogP) is 2.94. The maximum atomic E-state index is 11.6. The van der Waals surface area contributed by atoms with Gasteiger partial charge in [-0.25, -0.2) is 0 Å². The first-order chi connectivity index (χ1) is 6.28. The molecule has 0 saturated heterocycles. The van der Waals surface area contributed by atoms with Crippen LogP contribution in [-0.4, -0.2) is 16.8 Å². The average Bonchev–Trinajstić information content (AvgIpc) is 2.00. The highest BCUT2D eigenvalue weighted by Gasteiger charge is 2.24. The number of nitrogens with one attached hydrogen (secondary N) is 1. The quantitative estimate of drug-likeness (QED) is 0.724. The van der Waals surface area contributed by atoms with Crippen LogP contribution in [0.15, 0.2) is 0 Å². The first-order valence-corrected chi connectivity index (χ1v) is 5.67. The van der Waals surface area contributed by atoms with Gasteiger partial charge in [-0.3, -0.25) is 4.79 Å². The molecule has 2 atom stereocenters. The average molecular weight is 220 g/mol. The summed E-state index contributed by atoms with van der Waals surface area (Å²) in [5.74, 6) is 0.184. The minimum atomic E-state index is -0.408. The van der Waals surface area contributed by atoms with Gasteiger partial charge in [-0.15, -0.1) is 11.6 Å². The third-order valence-electron chi connectivity index (χ3n) is 1.99. The van der Waals surface area contributed by atoms with Crippen molar-refractivity contribution in [1.82, 2.24) is 5.32 Å². The van der Waals surface area contributed by atoms with E-state index in [1.54, 1.807) is 0 Å². The SMILES string of the molecule is CCCC(C)C(Cl)C(=O)NC(C)(C)C. The number of amides is 1. The lowest BCUT2D eigenvalue weighted by atomic mass is 10.00. The Morgan fingerprint density at radius 3 is 2.29 bits per heavy atom. The molecule has 0 aliphatic carbocycles. The van der Waals surface area contributed by atoms with E-state index in [0.717, 1.165) is 12.8 Å². The minimum Gasteiger partial charge on any atom is -0.350 e. The fourth-order valence-corrected chi connectivity index (χ4v) is 1.48. The normalized spacial score (nSPS) is 16.1. The van der Waals surface area contributed by atoms with E-state index in [0.29, 0.717) is 0 Å². The fourth-order valence-electron chi connectivity index (χ4n) is 1.30. The highest BCUT2D eigenvalue weighted by atomic mass is 35.5. The topological polar surface area (TPSA) is 29.1 Å². The molecule has 2 unspecified atom stereocenters. The molecular formula is C11H22ClNO. The lowest BCUT2D eigenvalue weighted by molar-refractivity contribution is -0.122. The Morgan fingerprint density at radius 2 is 1.93 bits per heavy atom. The maximum Gasteiger partial charge on any atom is 0.238 e. The number of hydrogen-bond donors (Lipinski definition) is 1. The second-order valence-corrected chi connectivity index (χ2v) is 5.38. The molecule has 2 nitrogen and oxygen atoms in total. The second-order valence-electron chi connectivity index (χ2n) is 4.91. The van der Waals surface area contributed by atoms with Crippen LogP contribution in [0.1, 0.15) is 47.5 Å². The third kappa shape index (κ3) is 5.48. The highest BCUT2D eigenvalue weighted by molar-refractivity contribution is 6.31. The Kier molecular flexibility index (Phi) is 5.50. The molecule has 0 saturated carbocycles. The standard InChI is InChI=1S/C11H22ClNO/c1-6-7-8(2)9(12)10(14)13-11(3,4)5/h8-9H,6-7H2,1-5H3,(H,13,14). The maximum absolute atomic E-state index is 11.6. The lowest BCUT2D eigenvalue weighted by Crippen LogP contribution is -2.45. The van der Waals surface area contributed by atoms with Gasteiger partial charge >= 0.3 is 0 Å². The number of carbonyl (C=O) groups excluding carboxylic acids is 1. The minimum absolute atomic E-state index is 0.0554. The van der Waals surface area contributed by atoms with E-state index in [2.05, 4.69) is 12.2 Å². The number of carbonyl (C=O) groups is 1. The number of alkyl halides is 1. The highest BCUT2D eigenvalue weighted by Crippen LogP contribution is 2.17. The van der Waals surface area contributed by atoms with Gasteiger partial charge in [0.25, 0.3) is 0 Å². The van der Waals surface area contributed by atoms with Gasteiger partial charge in [0.05, 0.1) is 0 Å². The van der Waals surface area contributed by atoms with Crippen LogP contribution in [0.25, 0.3) is 0 Å². The molecule has 0 aromatic heterocycles. The largest absolute Gasteiger partial charge is 0.350 e. The van der Waals surface area contributed by atoms with Crippen molar-refractivity contribution in [3.8, 4) is 0 Å². The van der Waals surface area contributed by atoms with Crippen molar-refractivity contribution in [2.75, 3.05) is 0 Å². The van der Waals surface area contributed by atoms with Crippen molar-refractivity contribution >= 4 is 17.5 Å². The molecule has 84 valence electrons. The Balaban J connectivity index is 4.12. The molecule has 0 aliphatic rings. The molecule has 3 heteroatoms. The number of hydrogen-bond acceptors (Lipinski definition) is 1. The van der Waals surface area contributed by atoms with E-state index >= 15 is 0 Å². The predicted molar refractivity (Wildman–Crippen MR) is 61.6 cm³/mol. The molecule has 0 aliphatic heterocycles. The van der Waals surface area contributed by atoms with Gasteiger partial charge in [-0.05, 0) is 33.1 Å². The van der Waals surface area contributed by atoms with Crippen LogP contribution >= 0.6 is 11.6 Å². The van der Waals surface area contributed by atoms with Crippen LogP contribution in [0.5, 0.6) is 0 Å². The molecule has 0 aromatic carbocycles. The van der Waals surface area contributed by atoms with Crippen molar-refractivity contribution in [3.63, 3.8) is 0 Å². The van der Waals surface area contributed by atoms with E-state index < -0.39 is 5.38 Å². The zero-order valence-corrected chi connectivity index (χ0v) is 10.6. The monoisotopic (exact) mass is 219 g/mol. The molecule has 0 bridgehead atoms. The van der Waals surface area contributed by atoms with E-state index in [1.165, 1.54) is 0 Å². The fraction of sp³-hybridized carbons (Fsp3) is 0.909. The Bertz CT molecular complexity index is 186. The van der Waals surface area contributed by atoms with Crippen LogP contribution in [0.4, 0.5) is 0 Å². The van der Waals surface area contributed by atoms with Gasteiger partial charge in [0.2, 0.25) is 5.91 Å². The van der Waals surface area contributed by atoms with Crippen molar-refractivity contribution < 1.29 is 4.79 Å². The van der Waals surface area contributed by atoms with Gasteiger partial charge in [-0.2, -0.15) is 0 Å². The van der Waals surface area contributed by atoms with Gasteiger partial charge in [0, 0.05) is 5.54 Å². The smallest absolute Gasteiger partial charge is 0.238 e.